The number of ether oxygens (including phenoxy) is 1. The largest absolute Gasteiger partial charge is 0.418 e. The van der Waals surface area contributed by atoms with E-state index in [1.54, 1.807) is 4.90 Å². The van der Waals surface area contributed by atoms with Crippen LogP contribution in [0.1, 0.15) is 25.3 Å². The Labute approximate surface area is 116 Å². The highest BCUT2D eigenvalue weighted by molar-refractivity contribution is 5.61. The van der Waals surface area contributed by atoms with E-state index >= 15 is 0 Å². The highest BCUT2D eigenvalue weighted by Crippen LogP contribution is 2.38. The van der Waals surface area contributed by atoms with Crippen LogP contribution in [-0.4, -0.2) is 25.8 Å². The number of halogens is 3. The van der Waals surface area contributed by atoms with Gasteiger partial charge in [-0.05, 0) is 38.0 Å². The molecule has 2 N–H and O–H groups in total. The maximum absolute atomic E-state index is 13.1. The fourth-order valence-corrected chi connectivity index (χ4v) is 2.49. The molecule has 1 unspecified atom stereocenters. The molecule has 0 saturated carbocycles. The average Bonchev–Trinajstić information content (AvgIpc) is 2.88. The van der Waals surface area contributed by atoms with Gasteiger partial charge in [0.15, 0.2) is 0 Å². The van der Waals surface area contributed by atoms with Crippen LogP contribution in [0.25, 0.3) is 0 Å². The Balaban J connectivity index is 2.28. The zero-order chi connectivity index (χ0) is 14.8. The number of alkyl halides is 3. The zero-order valence-corrected chi connectivity index (χ0v) is 11.4. The first-order valence-corrected chi connectivity index (χ1v) is 6.75. The molecule has 1 heterocycles. The van der Waals surface area contributed by atoms with E-state index in [2.05, 4.69) is 0 Å². The number of nitrogens with two attached hydrogens (primary N) is 1. The maximum atomic E-state index is 13.1. The van der Waals surface area contributed by atoms with Crippen molar-refractivity contribution in [1.82, 2.24) is 0 Å². The third-order valence-electron chi connectivity index (χ3n) is 3.50. The topological polar surface area (TPSA) is 38.5 Å². The molecule has 0 radical (unpaired) electrons. The third kappa shape index (κ3) is 3.36. The lowest BCUT2D eigenvalue weighted by atomic mass is 10.1. The first kappa shape index (κ1) is 15.0. The summed E-state index contributed by atoms with van der Waals surface area (Å²) in [6.45, 7) is 3.50. The molecule has 0 bridgehead atoms. The normalized spacial score (nSPS) is 19.3. The standard InChI is InChI=1S/C14H19F3N2O/c1-2-19(9-11-4-3-7-20-11)13-6-5-10(18)8-12(13)14(15,16)17/h5-6,8,11H,2-4,7,9,18H2,1H3. The van der Waals surface area contributed by atoms with Crippen molar-refractivity contribution in [2.24, 2.45) is 0 Å². The van der Waals surface area contributed by atoms with Crippen LogP contribution in [0, 0.1) is 0 Å². The lowest BCUT2D eigenvalue weighted by molar-refractivity contribution is -0.137. The number of benzene rings is 1. The van der Waals surface area contributed by atoms with Crippen molar-refractivity contribution in [3.8, 4) is 0 Å². The first-order chi connectivity index (χ1) is 9.41. The van der Waals surface area contributed by atoms with Gasteiger partial charge in [-0.3, -0.25) is 0 Å². The molecule has 0 aromatic heterocycles. The zero-order valence-electron chi connectivity index (χ0n) is 11.4. The number of rotatable bonds is 4. The van der Waals surface area contributed by atoms with Crippen molar-refractivity contribution in [2.75, 3.05) is 30.3 Å². The monoisotopic (exact) mass is 288 g/mol. The second-order valence-electron chi connectivity index (χ2n) is 4.95. The average molecular weight is 288 g/mol. The van der Waals surface area contributed by atoms with Crippen molar-refractivity contribution in [3.63, 3.8) is 0 Å². The molecule has 1 fully saturated rings. The molecule has 0 spiro atoms. The molecule has 1 aromatic rings. The van der Waals surface area contributed by atoms with Crippen LogP contribution >= 0.6 is 0 Å². The third-order valence-corrected chi connectivity index (χ3v) is 3.50. The van der Waals surface area contributed by atoms with Crippen LogP contribution in [-0.2, 0) is 10.9 Å². The van der Waals surface area contributed by atoms with Crippen molar-refractivity contribution in [1.29, 1.82) is 0 Å². The van der Waals surface area contributed by atoms with Crippen LogP contribution in [0.4, 0.5) is 24.5 Å². The van der Waals surface area contributed by atoms with Gasteiger partial charge in [0.05, 0.1) is 11.7 Å². The van der Waals surface area contributed by atoms with Gasteiger partial charge in [0.1, 0.15) is 0 Å². The molecule has 1 aliphatic heterocycles. The van der Waals surface area contributed by atoms with Crippen molar-refractivity contribution >= 4 is 11.4 Å². The minimum atomic E-state index is -4.41. The van der Waals surface area contributed by atoms with Crippen LogP contribution in [0.3, 0.4) is 0 Å². The van der Waals surface area contributed by atoms with Gasteiger partial charge in [-0.1, -0.05) is 0 Å². The first-order valence-electron chi connectivity index (χ1n) is 6.75. The van der Waals surface area contributed by atoms with Crippen molar-refractivity contribution in [3.05, 3.63) is 23.8 Å². The fourth-order valence-electron chi connectivity index (χ4n) is 2.49. The second-order valence-corrected chi connectivity index (χ2v) is 4.95. The van der Waals surface area contributed by atoms with Crippen LogP contribution in [0.15, 0.2) is 18.2 Å². The molecule has 112 valence electrons. The number of anilines is 2. The van der Waals surface area contributed by atoms with E-state index in [4.69, 9.17) is 10.5 Å². The van der Waals surface area contributed by atoms with Crippen LogP contribution in [0.5, 0.6) is 0 Å². The quantitative estimate of drug-likeness (QED) is 0.864. The summed E-state index contributed by atoms with van der Waals surface area (Å²) in [6, 6.07) is 3.94. The van der Waals surface area contributed by atoms with Gasteiger partial charge in [0.25, 0.3) is 0 Å². The molecular formula is C14H19F3N2O. The van der Waals surface area contributed by atoms with Crippen LogP contribution in [0.2, 0.25) is 0 Å². The maximum Gasteiger partial charge on any atom is 0.418 e. The highest BCUT2D eigenvalue weighted by Gasteiger charge is 2.35. The van der Waals surface area contributed by atoms with Crippen molar-refractivity contribution in [2.45, 2.75) is 32.0 Å². The number of likely N-dealkylation sites (N-methyl/N-ethyl adjacent to an activating group) is 1. The van der Waals surface area contributed by atoms with E-state index < -0.39 is 11.7 Å². The molecule has 3 nitrogen and oxygen atoms in total. The Morgan fingerprint density at radius 3 is 2.70 bits per heavy atom. The van der Waals surface area contributed by atoms with E-state index in [-0.39, 0.29) is 17.5 Å². The minimum absolute atomic E-state index is 0.00795. The van der Waals surface area contributed by atoms with E-state index in [1.165, 1.54) is 12.1 Å². The van der Waals surface area contributed by atoms with Gasteiger partial charge in [0.2, 0.25) is 0 Å². The Morgan fingerprint density at radius 2 is 2.15 bits per heavy atom. The van der Waals surface area contributed by atoms with E-state index in [0.717, 1.165) is 18.9 Å². The molecular weight excluding hydrogens is 269 g/mol. The van der Waals surface area contributed by atoms with Gasteiger partial charge in [-0.25, -0.2) is 0 Å². The summed E-state index contributed by atoms with van der Waals surface area (Å²) in [5.74, 6) is 0. The number of nitrogens with zero attached hydrogens (tertiary/aromatic N) is 1. The van der Waals surface area contributed by atoms with Gasteiger partial charge < -0.3 is 15.4 Å². The number of hydrogen-bond donors (Lipinski definition) is 1. The second kappa shape index (κ2) is 5.91. The van der Waals surface area contributed by atoms with Gasteiger partial charge >= 0.3 is 6.18 Å². The molecule has 0 amide bonds. The van der Waals surface area contributed by atoms with Gasteiger partial charge in [0, 0.05) is 31.1 Å². The molecule has 1 saturated heterocycles. The van der Waals surface area contributed by atoms with Gasteiger partial charge in [-0.15, -0.1) is 0 Å². The summed E-state index contributed by atoms with van der Waals surface area (Å²) in [6.07, 6.45) is -2.54. The molecule has 1 aliphatic rings. The Bertz CT molecular complexity index is 456. The summed E-state index contributed by atoms with van der Waals surface area (Å²) in [5.41, 5.74) is 5.09. The van der Waals surface area contributed by atoms with Crippen molar-refractivity contribution < 1.29 is 17.9 Å². The SMILES string of the molecule is CCN(CC1CCCO1)c1ccc(N)cc1C(F)(F)F. The fraction of sp³-hybridized carbons (Fsp3) is 0.571. The Kier molecular flexibility index (Phi) is 4.42. The Morgan fingerprint density at radius 1 is 1.40 bits per heavy atom. The van der Waals surface area contributed by atoms with Crippen LogP contribution < -0.4 is 10.6 Å². The predicted octanol–water partition coefficient (Wildman–Crippen LogP) is 3.29. The smallest absolute Gasteiger partial charge is 0.399 e. The minimum Gasteiger partial charge on any atom is -0.399 e. The van der Waals surface area contributed by atoms with E-state index in [9.17, 15) is 13.2 Å². The summed E-state index contributed by atoms with van der Waals surface area (Å²) in [4.78, 5) is 1.71. The predicted molar refractivity (Wildman–Crippen MR) is 72.7 cm³/mol. The lowest BCUT2D eigenvalue weighted by Crippen LogP contribution is -2.33. The summed E-state index contributed by atoms with van der Waals surface area (Å²) < 4.78 is 44.9. The molecule has 1 atom stereocenters. The highest BCUT2D eigenvalue weighted by atomic mass is 19.4. The number of nitrogen functional groups attached to an aromatic ring is 1. The molecule has 0 aliphatic carbocycles. The van der Waals surface area contributed by atoms with E-state index in [0.29, 0.717) is 19.7 Å². The summed E-state index contributed by atoms with van der Waals surface area (Å²) >= 11 is 0. The Hall–Kier alpha value is -1.43. The summed E-state index contributed by atoms with van der Waals surface area (Å²) in [7, 11) is 0. The molecule has 2 rings (SSSR count). The van der Waals surface area contributed by atoms with E-state index in [1.807, 2.05) is 6.92 Å². The molecule has 1 aromatic carbocycles. The molecule has 20 heavy (non-hydrogen) atoms. The lowest BCUT2D eigenvalue weighted by Gasteiger charge is -2.29. The van der Waals surface area contributed by atoms with Gasteiger partial charge in [-0.2, -0.15) is 13.2 Å². The molecule has 6 heteroatoms. The number of hydrogen-bond acceptors (Lipinski definition) is 3. The summed E-state index contributed by atoms with van der Waals surface area (Å²) in [5, 5.41) is 0.